The smallest absolute Gasteiger partial charge is 0.250 e. The molecule has 0 spiro atoms. The fraction of sp³-hybridized carbons (Fsp3) is 0.333. The lowest BCUT2D eigenvalue weighted by molar-refractivity contribution is -0.144. The van der Waals surface area contributed by atoms with E-state index in [9.17, 15) is 9.59 Å². The van der Waals surface area contributed by atoms with Gasteiger partial charge in [0.25, 0.3) is 5.91 Å². The van der Waals surface area contributed by atoms with Gasteiger partial charge < -0.3 is 14.8 Å². The fourth-order valence-electron chi connectivity index (χ4n) is 4.73. The van der Waals surface area contributed by atoms with Crippen molar-refractivity contribution in [2.24, 2.45) is 0 Å². The number of rotatable bonds is 4. The number of unbranched alkanes of at least 4 members (excludes halogenated alkanes) is 1. The fourth-order valence-corrected chi connectivity index (χ4v) is 4.73. The van der Waals surface area contributed by atoms with Gasteiger partial charge in [-0.1, -0.05) is 49.7 Å². The normalized spacial score (nSPS) is 18.9. The van der Waals surface area contributed by atoms with Crippen LogP contribution in [0.5, 0.6) is 0 Å². The molecule has 2 aliphatic rings. The molecule has 0 radical (unpaired) electrons. The van der Waals surface area contributed by atoms with Crippen molar-refractivity contribution in [1.29, 1.82) is 0 Å². The van der Waals surface area contributed by atoms with Crippen molar-refractivity contribution in [3.8, 4) is 0 Å². The van der Waals surface area contributed by atoms with Crippen molar-refractivity contribution in [1.82, 2.24) is 9.88 Å². The van der Waals surface area contributed by atoms with E-state index in [1.807, 2.05) is 36.4 Å². The SMILES string of the molecule is CCCCc1ccccc1N1CC(=O)N2Cc3[nH]c4ccccc4c3CC2C1=O. The molecule has 0 aliphatic carbocycles. The van der Waals surface area contributed by atoms with Crippen molar-refractivity contribution >= 4 is 28.4 Å². The predicted molar refractivity (Wildman–Crippen MR) is 114 cm³/mol. The molecule has 0 saturated carbocycles. The Morgan fingerprint density at radius 1 is 1.03 bits per heavy atom. The number of aryl methyl sites for hydroxylation is 1. The lowest BCUT2D eigenvalue weighted by atomic mass is 9.93. The molecule has 29 heavy (non-hydrogen) atoms. The van der Waals surface area contributed by atoms with Crippen LogP contribution in [-0.4, -0.2) is 34.3 Å². The van der Waals surface area contributed by atoms with Crippen LogP contribution in [0.15, 0.2) is 48.5 Å². The first kappa shape index (κ1) is 18.0. The summed E-state index contributed by atoms with van der Waals surface area (Å²) in [7, 11) is 0. The van der Waals surface area contributed by atoms with Crippen molar-refractivity contribution in [3.63, 3.8) is 0 Å². The number of aromatic nitrogens is 1. The van der Waals surface area contributed by atoms with Gasteiger partial charge in [0, 0.05) is 28.7 Å². The van der Waals surface area contributed by atoms with Gasteiger partial charge in [0.05, 0.1) is 6.54 Å². The van der Waals surface area contributed by atoms with Crippen LogP contribution in [0.1, 0.15) is 36.6 Å². The number of H-pyrrole nitrogens is 1. The Balaban J connectivity index is 1.51. The summed E-state index contributed by atoms with van der Waals surface area (Å²) in [6.07, 6.45) is 3.66. The highest BCUT2D eigenvalue weighted by atomic mass is 16.2. The molecule has 3 heterocycles. The Morgan fingerprint density at radius 3 is 2.69 bits per heavy atom. The zero-order valence-electron chi connectivity index (χ0n) is 16.6. The number of benzene rings is 2. The molecule has 1 fully saturated rings. The first-order valence-corrected chi connectivity index (χ1v) is 10.4. The number of para-hydroxylation sites is 2. The van der Waals surface area contributed by atoms with Crippen LogP contribution in [0.4, 0.5) is 5.69 Å². The number of piperazine rings is 1. The molecular formula is C24H25N3O2. The predicted octanol–water partition coefficient (Wildman–Crippen LogP) is 3.81. The topological polar surface area (TPSA) is 56.4 Å². The summed E-state index contributed by atoms with van der Waals surface area (Å²) in [6, 6.07) is 15.8. The minimum absolute atomic E-state index is 0.0178. The van der Waals surface area contributed by atoms with Crippen LogP contribution in [0.25, 0.3) is 10.9 Å². The van der Waals surface area contributed by atoms with E-state index in [4.69, 9.17) is 0 Å². The first-order chi connectivity index (χ1) is 14.2. The van der Waals surface area contributed by atoms with Crippen LogP contribution in [-0.2, 0) is 29.0 Å². The van der Waals surface area contributed by atoms with Gasteiger partial charge in [0.1, 0.15) is 12.6 Å². The molecule has 1 saturated heterocycles. The number of nitrogens with zero attached hydrogens (tertiary/aromatic N) is 2. The highest BCUT2D eigenvalue weighted by molar-refractivity contribution is 6.07. The summed E-state index contributed by atoms with van der Waals surface area (Å²) in [5.41, 5.74) is 5.33. The zero-order valence-corrected chi connectivity index (χ0v) is 16.6. The third kappa shape index (κ3) is 2.92. The summed E-state index contributed by atoms with van der Waals surface area (Å²) in [6.45, 7) is 2.76. The second kappa shape index (κ2) is 7.07. The molecule has 1 atom stereocenters. The van der Waals surface area contributed by atoms with E-state index in [0.717, 1.165) is 47.1 Å². The molecule has 5 rings (SSSR count). The number of anilines is 1. The highest BCUT2D eigenvalue weighted by Crippen LogP contribution is 2.34. The van der Waals surface area contributed by atoms with Crippen LogP contribution in [0.3, 0.4) is 0 Å². The molecular weight excluding hydrogens is 362 g/mol. The molecule has 2 amide bonds. The molecule has 3 aromatic rings. The second-order valence-electron chi connectivity index (χ2n) is 8.03. The monoisotopic (exact) mass is 387 g/mol. The number of fused-ring (bicyclic) bond motifs is 4. The van der Waals surface area contributed by atoms with Crippen LogP contribution in [0.2, 0.25) is 0 Å². The molecule has 1 aromatic heterocycles. The van der Waals surface area contributed by atoms with E-state index < -0.39 is 6.04 Å². The number of hydrogen-bond acceptors (Lipinski definition) is 2. The number of hydrogen-bond donors (Lipinski definition) is 1. The quantitative estimate of drug-likeness (QED) is 0.740. The average molecular weight is 387 g/mol. The van der Waals surface area contributed by atoms with E-state index in [-0.39, 0.29) is 18.4 Å². The highest BCUT2D eigenvalue weighted by Gasteiger charge is 2.43. The van der Waals surface area contributed by atoms with Gasteiger partial charge in [-0.15, -0.1) is 0 Å². The third-order valence-electron chi connectivity index (χ3n) is 6.25. The summed E-state index contributed by atoms with van der Waals surface area (Å²) in [4.78, 5) is 33.5. The van der Waals surface area contributed by atoms with Crippen molar-refractivity contribution in [2.75, 3.05) is 11.4 Å². The Hall–Kier alpha value is -3.08. The largest absolute Gasteiger partial charge is 0.357 e. The summed E-state index contributed by atoms with van der Waals surface area (Å²) >= 11 is 0. The lowest BCUT2D eigenvalue weighted by Gasteiger charge is -2.43. The van der Waals surface area contributed by atoms with Crippen LogP contribution in [0, 0.1) is 0 Å². The molecule has 1 unspecified atom stereocenters. The van der Waals surface area contributed by atoms with Crippen LogP contribution < -0.4 is 4.90 Å². The van der Waals surface area contributed by atoms with E-state index in [0.29, 0.717) is 13.0 Å². The number of carbonyl (C=O) groups excluding carboxylic acids is 2. The Labute approximate surface area is 170 Å². The van der Waals surface area contributed by atoms with Crippen molar-refractivity contribution < 1.29 is 9.59 Å². The first-order valence-electron chi connectivity index (χ1n) is 10.4. The lowest BCUT2D eigenvalue weighted by Crippen LogP contribution is -2.62. The van der Waals surface area contributed by atoms with E-state index >= 15 is 0 Å². The molecule has 5 heteroatoms. The van der Waals surface area contributed by atoms with Crippen molar-refractivity contribution in [3.05, 3.63) is 65.4 Å². The van der Waals surface area contributed by atoms with Gasteiger partial charge in [0.15, 0.2) is 0 Å². The summed E-state index contributed by atoms with van der Waals surface area (Å²) < 4.78 is 0. The van der Waals surface area contributed by atoms with E-state index in [1.54, 1.807) is 9.80 Å². The Kier molecular flexibility index (Phi) is 4.38. The van der Waals surface area contributed by atoms with Crippen LogP contribution >= 0.6 is 0 Å². The van der Waals surface area contributed by atoms with E-state index in [1.165, 1.54) is 5.56 Å². The molecule has 1 N–H and O–H groups in total. The number of amides is 2. The van der Waals surface area contributed by atoms with Gasteiger partial charge in [-0.25, -0.2) is 0 Å². The second-order valence-corrected chi connectivity index (χ2v) is 8.03. The van der Waals surface area contributed by atoms with E-state index in [2.05, 4.69) is 24.0 Å². The van der Waals surface area contributed by atoms with Gasteiger partial charge in [-0.3, -0.25) is 9.59 Å². The minimum atomic E-state index is -0.429. The standard InChI is InChI=1S/C24H25N3O2/c1-2-3-8-16-9-4-7-12-21(16)27-15-23(28)26-14-20-18(13-22(26)24(27)29)17-10-5-6-11-19(17)25-20/h4-7,9-12,22,25H,2-3,8,13-15H2,1H3. The Morgan fingerprint density at radius 2 is 1.83 bits per heavy atom. The maximum atomic E-state index is 13.5. The van der Waals surface area contributed by atoms with Gasteiger partial charge in [-0.05, 0) is 36.1 Å². The maximum absolute atomic E-state index is 13.5. The molecule has 2 aromatic carbocycles. The maximum Gasteiger partial charge on any atom is 0.250 e. The number of carbonyl (C=O) groups is 2. The summed E-state index contributed by atoms with van der Waals surface area (Å²) in [5, 5.41) is 1.16. The van der Waals surface area contributed by atoms with Crippen molar-refractivity contribution in [2.45, 2.75) is 45.2 Å². The minimum Gasteiger partial charge on any atom is -0.357 e. The molecule has 2 aliphatic heterocycles. The van der Waals surface area contributed by atoms with Gasteiger partial charge in [0.2, 0.25) is 5.91 Å². The third-order valence-corrected chi connectivity index (χ3v) is 6.25. The average Bonchev–Trinajstić information content (AvgIpc) is 3.12. The van der Waals surface area contributed by atoms with Gasteiger partial charge >= 0.3 is 0 Å². The zero-order chi connectivity index (χ0) is 20.0. The molecule has 0 bridgehead atoms. The molecule has 148 valence electrons. The number of nitrogens with one attached hydrogen (secondary N) is 1. The number of aromatic amines is 1. The molecule has 5 nitrogen and oxygen atoms in total. The Bertz CT molecular complexity index is 1100. The summed E-state index contributed by atoms with van der Waals surface area (Å²) in [5.74, 6) is 0.0497. The van der Waals surface area contributed by atoms with Gasteiger partial charge in [-0.2, -0.15) is 0 Å².